The number of hydrogen-bond donors (Lipinski definition) is 1. The lowest BCUT2D eigenvalue weighted by molar-refractivity contribution is 0.410. The topological polar surface area (TPSA) is 65.0 Å². The lowest BCUT2D eigenvalue weighted by Crippen LogP contribution is -2.39. The van der Waals surface area contributed by atoms with Gasteiger partial charge in [0, 0.05) is 45.2 Å². The predicted octanol–water partition coefficient (Wildman–Crippen LogP) is 3.64. The minimum Gasteiger partial charge on any atom is -0.352 e. The van der Waals surface area contributed by atoms with Crippen LogP contribution in [0, 0.1) is 0 Å². The summed E-state index contributed by atoms with van der Waals surface area (Å²) in [7, 11) is 1.93. The molecule has 0 aliphatic heterocycles. The van der Waals surface area contributed by atoms with Gasteiger partial charge in [0.1, 0.15) is 0 Å². The number of guanidine groups is 1. The van der Waals surface area contributed by atoms with Crippen molar-refractivity contribution < 1.29 is 8.42 Å². The standard InChI is InChI=1S/C20H30N4O2S2.HI/c1-16(2)24(5)28(25,26)19-10-8-17(9-11-19)15-22-20(21-3)23(4)13-12-18-7-6-14-27-18;/h6-11,14,16H,12-13,15H2,1-5H3,(H,21,22);1H. The van der Waals surface area contributed by atoms with Crippen LogP contribution in [0.25, 0.3) is 0 Å². The number of sulfonamides is 1. The summed E-state index contributed by atoms with van der Waals surface area (Å²) in [6.07, 6.45) is 0.977. The van der Waals surface area contributed by atoms with Crippen LogP contribution in [0.5, 0.6) is 0 Å². The molecular formula is C20H31IN4O2S2. The van der Waals surface area contributed by atoms with Crippen molar-refractivity contribution in [1.82, 2.24) is 14.5 Å². The normalized spacial score (nSPS) is 12.2. The van der Waals surface area contributed by atoms with Crippen LogP contribution in [0.4, 0.5) is 0 Å². The molecule has 9 heteroatoms. The Morgan fingerprint density at radius 3 is 2.34 bits per heavy atom. The molecule has 0 aliphatic carbocycles. The first-order chi connectivity index (χ1) is 13.3. The van der Waals surface area contributed by atoms with Crippen LogP contribution in [-0.4, -0.2) is 57.3 Å². The fourth-order valence-corrected chi connectivity index (χ4v) is 4.69. The van der Waals surface area contributed by atoms with Gasteiger partial charge in [0.2, 0.25) is 10.0 Å². The Hall–Kier alpha value is -1.17. The van der Waals surface area contributed by atoms with Crippen LogP contribution in [0.2, 0.25) is 0 Å². The summed E-state index contributed by atoms with van der Waals surface area (Å²) in [6.45, 7) is 5.17. The van der Waals surface area contributed by atoms with Crippen LogP contribution >= 0.6 is 35.3 Å². The van der Waals surface area contributed by atoms with Crippen LogP contribution in [0.15, 0.2) is 51.7 Å². The third-order valence-electron chi connectivity index (χ3n) is 4.63. The molecule has 1 heterocycles. The Balaban J connectivity index is 0.00000420. The Labute approximate surface area is 196 Å². The van der Waals surface area contributed by atoms with Gasteiger partial charge in [0.05, 0.1) is 4.90 Å². The van der Waals surface area contributed by atoms with Gasteiger partial charge in [-0.15, -0.1) is 35.3 Å². The van der Waals surface area contributed by atoms with Gasteiger partial charge in [-0.05, 0) is 49.4 Å². The van der Waals surface area contributed by atoms with E-state index in [-0.39, 0.29) is 30.0 Å². The monoisotopic (exact) mass is 550 g/mol. The highest BCUT2D eigenvalue weighted by atomic mass is 127. The highest BCUT2D eigenvalue weighted by molar-refractivity contribution is 14.0. The molecule has 29 heavy (non-hydrogen) atoms. The van der Waals surface area contributed by atoms with Crippen molar-refractivity contribution in [2.45, 2.75) is 37.8 Å². The number of hydrogen-bond acceptors (Lipinski definition) is 4. The molecule has 2 aromatic rings. The third-order valence-corrected chi connectivity index (χ3v) is 7.61. The molecular weight excluding hydrogens is 519 g/mol. The van der Waals surface area contributed by atoms with Gasteiger partial charge in [-0.25, -0.2) is 8.42 Å². The van der Waals surface area contributed by atoms with E-state index in [0.29, 0.717) is 11.4 Å². The quantitative estimate of drug-likeness (QED) is 0.310. The van der Waals surface area contributed by atoms with Gasteiger partial charge >= 0.3 is 0 Å². The van der Waals surface area contributed by atoms with Gasteiger partial charge < -0.3 is 10.2 Å². The van der Waals surface area contributed by atoms with E-state index in [1.807, 2.05) is 33.0 Å². The first kappa shape index (κ1) is 25.9. The van der Waals surface area contributed by atoms with Crippen molar-refractivity contribution in [3.05, 3.63) is 52.2 Å². The molecule has 0 spiro atoms. The smallest absolute Gasteiger partial charge is 0.243 e. The largest absolute Gasteiger partial charge is 0.352 e. The Morgan fingerprint density at radius 2 is 1.83 bits per heavy atom. The van der Waals surface area contributed by atoms with Crippen molar-refractivity contribution in [3.63, 3.8) is 0 Å². The number of nitrogens with zero attached hydrogens (tertiary/aromatic N) is 3. The summed E-state index contributed by atoms with van der Waals surface area (Å²) >= 11 is 1.76. The van der Waals surface area contributed by atoms with Crippen LogP contribution in [-0.2, 0) is 23.0 Å². The van der Waals surface area contributed by atoms with E-state index in [9.17, 15) is 8.42 Å². The Bertz CT molecular complexity index is 866. The molecule has 0 radical (unpaired) electrons. The second kappa shape index (κ2) is 11.9. The minimum atomic E-state index is -3.45. The van der Waals surface area contributed by atoms with E-state index in [4.69, 9.17) is 0 Å². The number of benzene rings is 1. The summed E-state index contributed by atoms with van der Waals surface area (Å²) in [5.41, 5.74) is 0.999. The Kier molecular flexibility index (Phi) is 10.6. The van der Waals surface area contributed by atoms with E-state index < -0.39 is 10.0 Å². The lowest BCUT2D eigenvalue weighted by Gasteiger charge is -2.22. The van der Waals surface area contributed by atoms with Crippen LogP contribution in [0.1, 0.15) is 24.3 Å². The van der Waals surface area contributed by atoms with Crippen molar-refractivity contribution in [3.8, 4) is 0 Å². The maximum atomic E-state index is 12.5. The molecule has 0 unspecified atom stereocenters. The molecule has 162 valence electrons. The first-order valence-electron chi connectivity index (χ1n) is 9.27. The average Bonchev–Trinajstić information content (AvgIpc) is 3.20. The third kappa shape index (κ3) is 7.23. The van der Waals surface area contributed by atoms with E-state index >= 15 is 0 Å². The lowest BCUT2D eigenvalue weighted by atomic mass is 10.2. The zero-order valence-corrected chi connectivity index (χ0v) is 21.6. The molecule has 0 saturated heterocycles. The molecule has 0 fully saturated rings. The summed E-state index contributed by atoms with van der Waals surface area (Å²) in [5, 5.41) is 5.42. The fourth-order valence-electron chi connectivity index (χ4n) is 2.63. The summed E-state index contributed by atoms with van der Waals surface area (Å²) in [6, 6.07) is 11.1. The zero-order chi connectivity index (χ0) is 20.7. The summed E-state index contributed by atoms with van der Waals surface area (Å²) in [4.78, 5) is 8.09. The van der Waals surface area contributed by atoms with Crippen molar-refractivity contribution in [2.75, 3.05) is 27.7 Å². The number of halogens is 1. The van der Waals surface area contributed by atoms with E-state index in [1.54, 1.807) is 37.6 Å². The highest BCUT2D eigenvalue weighted by Crippen LogP contribution is 2.17. The van der Waals surface area contributed by atoms with Crippen molar-refractivity contribution in [1.29, 1.82) is 0 Å². The van der Waals surface area contributed by atoms with E-state index in [2.05, 4.69) is 32.7 Å². The molecule has 1 N–H and O–H groups in total. The molecule has 1 aromatic carbocycles. The zero-order valence-electron chi connectivity index (χ0n) is 17.6. The van der Waals surface area contributed by atoms with Crippen molar-refractivity contribution >= 4 is 51.3 Å². The molecule has 0 bridgehead atoms. The maximum absolute atomic E-state index is 12.5. The van der Waals surface area contributed by atoms with Crippen LogP contribution in [0.3, 0.4) is 0 Å². The second-order valence-electron chi connectivity index (χ2n) is 6.91. The molecule has 6 nitrogen and oxygen atoms in total. The molecule has 0 amide bonds. The van der Waals surface area contributed by atoms with Gasteiger partial charge in [0.15, 0.2) is 5.96 Å². The molecule has 2 rings (SSSR count). The number of aliphatic imine (C=N–C) groups is 1. The van der Waals surface area contributed by atoms with Crippen molar-refractivity contribution in [2.24, 2.45) is 4.99 Å². The van der Waals surface area contributed by atoms with Gasteiger partial charge in [-0.3, -0.25) is 4.99 Å². The predicted molar refractivity (Wildman–Crippen MR) is 133 cm³/mol. The van der Waals surface area contributed by atoms with E-state index in [0.717, 1.165) is 24.5 Å². The maximum Gasteiger partial charge on any atom is 0.243 e. The van der Waals surface area contributed by atoms with Gasteiger partial charge in [0.25, 0.3) is 0 Å². The molecule has 1 aromatic heterocycles. The number of likely N-dealkylation sites (N-methyl/N-ethyl adjacent to an activating group) is 1. The molecule has 0 saturated carbocycles. The second-order valence-corrected chi connectivity index (χ2v) is 9.94. The Morgan fingerprint density at radius 1 is 1.17 bits per heavy atom. The number of nitrogens with one attached hydrogen (secondary N) is 1. The van der Waals surface area contributed by atoms with E-state index in [1.165, 1.54) is 9.18 Å². The highest BCUT2D eigenvalue weighted by Gasteiger charge is 2.22. The molecule has 0 aliphatic rings. The SMILES string of the molecule is CN=C(NCc1ccc(S(=O)(=O)N(C)C(C)C)cc1)N(C)CCc1cccs1.I. The van der Waals surface area contributed by atoms with Gasteiger partial charge in [-0.2, -0.15) is 4.31 Å². The first-order valence-corrected chi connectivity index (χ1v) is 11.6. The van der Waals surface area contributed by atoms with Crippen LogP contribution < -0.4 is 5.32 Å². The fraction of sp³-hybridized carbons (Fsp3) is 0.450. The average molecular weight is 551 g/mol. The number of thiophene rings is 1. The molecule has 0 atom stereocenters. The summed E-state index contributed by atoms with van der Waals surface area (Å²) < 4.78 is 26.5. The number of rotatable bonds is 8. The van der Waals surface area contributed by atoms with Gasteiger partial charge in [-0.1, -0.05) is 18.2 Å². The minimum absolute atomic E-state index is 0. The summed E-state index contributed by atoms with van der Waals surface area (Å²) in [5.74, 6) is 0.813.